The molecule has 2 atom stereocenters. The number of hydrogen-bond acceptors (Lipinski definition) is 11. The van der Waals surface area contributed by atoms with Crippen LogP contribution < -0.4 is 21.1 Å². The summed E-state index contributed by atoms with van der Waals surface area (Å²) in [6.45, 7) is 5.16. The number of halogens is 1. The zero-order valence-corrected chi connectivity index (χ0v) is 24.5. The molecule has 13 nitrogen and oxygen atoms in total. The first-order valence-corrected chi connectivity index (χ1v) is 14.1. The fraction of sp³-hybridized carbons (Fsp3) is 0.500. The summed E-state index contributed by atoms with van der Waals surface area (Å²) in [6, 6.07) is 7.71. The number of benzene rings is 1. The van der Waals surface area contributed by atoms with Gasteiger partial charge in [0, 0.05) is 45.5 Å². The van der Waals surface area contributed by atoms with Crippen molar-refractivity contribution in [2.45, 2.75) is 18.6 Å². The van der Waals surface area contributed by atoms with Gasteiger partial charge in [-0.05, 0) is 36.8 Å². The number of nitrogens with zero attached hydrogens (tertiary/aromatic N) is 3. The number of amides is 2. The lowest BCUT2D eigenvalue weighted by atomic mass is 10.0. The predicted molar refractivity (Wildman–Crippen MR) is 156 cm³/mol. The minimum Gasteiger partial charge on any atom is -0.480 e. The van der Waals surface area contributed by atoms with Crippen molar-refractivity contribution in [2.75, 3.05) is 84.4 Å². The number of nitrogens with two attached hydrogens (primary N) is 1. The third kappa shape index (κ3) is 8.52. The number of methoxy groups -OCH3 is 2. The van der Waals surface area contributed by atoms with Crippen LogP contribution in [-0.4, -0.2) is 118 Å². The Balaban J connectivity index is 1.22. The summed E-state index contributed by atoms with van der Waals surface area (Å²) >= 11 is 6.06. The normalized spacial score (nSPS) is 19.6. The maximum Gasteiger partial charge on any atom is 0.338 e. The van der Waals surface area contributed by atoms with E-state index in [2.05, 4.69) is 20.5 Å². The molecule has 4 N–H and O–H groups in total. The smallest absolute Gasteiger partial charge is 0.338 e. The molecule has 42 heavy (non-hydrogen) atoms. The quantitative estimate of drug-likeness (QED) is 0.317. The number of hydrogen-bond donors (Lipinski definition) is 3. The molecule has 0 radical (unpaired) electrons. The highest BCUT2D eigenvalue weighted by Gasteiger charge is 2.32. The number of likely N-dealkylation sites (tertiary alicyclic amines) is 1. The van der Waals surface area contributed by atoms with Gasteiger partial charge in [0.05, 0.1) is 49.6 Å². The number of rotatable bonds is 11. The van der Waals surface area contributed by atoms with E-state index < -0.39 is 11.9 Å². The van der Waals surface area contributed by atoms with Gasteiger partial charge in [-0.15, -0.1) is 0 Å². The van der Waals surface area contributed by atoms with Gasteiger partial charge in [-0.25, -0.2) is 4.79 Å². The fourth-order valence-electron chi connectivity index (χ4n) is 4.85. The summed E-state index contributed by atoms with van der Waals surface area (Å²) in [5.74, 6) is -0.883. The zero-order valence-electron chi connectivity index (χ0n) is 23.8. The van der Waals surface area contributed by atoms with E-state index in [1.807, 2.05) is 4.90 Å². The second-order valence-corrected chi connectivity index (χ2v) is 10.4. The molecule has 2 fully saturated rings. The van der Waals surface area contributed by atoms with Crippen molar-refractivity contribution >= 4 is 40.9 Å². The molecule has 1 aromatic carbocycles. The molecule has 14 heteroatoms. The van der Waals surface area contributed by atoms with E-state index >= 15 is 0 Å². The average Bonchev–Trinajstić information content (AvgIpc) is 2.99. The fourth-order valence-corrected chi connectivity index (χ4v) is 5.00. The average molecular weight is 605 g/mol. The van der Waals surface area contributed by atoms with E-state index in [0.717, 1.165) is 13.1 Å². The highest BCUT2D eigenvalue weighted by Crippen LogP contribution is 2.25. The third-order valence-electron chi connectivity index (χ3n) is 7.18. The molecule has 3 heterocycles. The Labute approximate surface area is 249 Å². The summed E-state index contributed by atoms with van der Waals surface area (Å²) in [5, 5.41) is 5.97. The van der Waals surface area contributed by atoms with E-state index in [9.17, 15) is 14.4 Å². The molecule has 2 aliphatic heterocycles. The van der Waals surface area contributed by atoms with Gasteiger partial charge in [0.25, 0.3) is 5.91 Å². The van der Waals surface area contributed by atoms with Gasteiger partial charge >= 0.3 is 5.97 Å². The van der Waals surface area contributed by atoms with Crippen molar-refractivity contribution in [3.63, 3.8) is 0 Å². The molecule has 0 bridgehead atoms. The molecule has 0 aliphatic carbocycles. The topological polar surface area (TPSA) is 158 Å². The van der Waals surface area contributed by atoms with Crippen LogP contribution in [0.2, 0.25) is 5.02 Å². The number of morpholine rings is 1. The first-order chi connectivity index (χ1) is 20.3. The number of carbonyl (C=O) groups excluding carboxylic acids is 3. The summed E-state index contributed by atoms with van der Waals surface area (Å²) in [7, 11) is 2.95. The Morgan fingerprint density at radius 3 is 2.55 bits per heavy atom. The lowest BCUT2D eigenvalue weighted by Crippen LogP contribution is -2.55. The van der Waals surface area contributed by atoms with Gasteiger partial charge in [0.2, 0.25) is 11.8 Å². The highest BCUT2D eigenvalue weighted by molar-refractivity contribution is 6.33. The molecule has 2 saturated heterocycles. The predicted octanol–water partition coefficient (Wildman–Crippen LogP) is 1.27. The van der Waals surface area contributed by atoms with Crippen LogP contribution in [0.15, 0.2) is 30.3 Å². The van der Waals surface area contributed by atoms with Crippen LogP contribution in [0.4, 0.5) is 11.5 Å². The van der Waals surface area contributed by atoms with Crippen LogP contribution in [0.1, 0.15) is 27.1 Å². The summed E-state index contributed by atoms with van der Waals surface area (Å²) < 4.78 is 21.5. The maximum absolute atomic E-state index is 13.0. The van der Waals surface area contributed by atoms with E-state index in [1.54, 1.807) is 31.4 Å². The molecule has 1 aromatic heterocycles. The molecule has 0 unspecified atom stereocenters. The largest absolute Gasteiger partial charge is 0.480 e. The molecule has 4 rings (SSSR count). The Bertz CT molecular complexity index is 1240. The number of nitrogen functional groups attached to an aromatic ring is 1. The number of pyridine rings is 1. The molecular formula is C28H37ClN6O7. The summed E-state index contributed by atoms with van der Waals surface area (Å²) in [6.07, 6.45) is 0.199. The Hall–Kier alpha value is -3.49. The second-order valence-electron chi connectivity index (χ2n) is 10.0. The summed E-state index contributed by atoms with van der Waals surface area (Å²) in [5.41, 5.74) is 6.87. The minimum atomic E-state index is -0.413. The van der Waals surface area contributed by atoms with E-state index in [0.29, 0.717) is 57.1 Å². The lowest BCUT2D eigenvalue weighted by molar-refractivity contribution is -0.118. The molecule has 2 aliphatic rings. The molecule has 2 aromatic rings. The molecule has 228 valence electrons. The molecule has 0 saturated carbocycles. The van der Waals surface area contributed by atoms with E-state index in [4.69, 9.17) is 36.3 Å². The van der Waals surface area contributed by atoms with Crippen molar-refractivity contribution in [2.24, 2.45) is 0 Å². The van der Waals surface area contributed by atoms with Crippen molar-refractivity contribution in [1.29, 1.82) is 0 Å². The first-order valence-electron chi connectivity index (χ1n) is 13.7. The van der Waals surface area contributed by atoms with Crippen LogP contribution in [0.25, 0.3) is 0 Å². The number of ether oxygens (including phenoxy) is 4. The monoisotopic (exact) mass is 604 g/mol. The van der Waals surface area contributed by atoms with Crippen molar-refractivity contribution in [3.8, 4) is 5.88 Å². The van der Waals surface area contributed by atoms with Gasteiger partial charge in [0.1, 0.15) is 18.0 Å². The number of piperidine rings is 1. The SMILES string of the molecule is COc1nc(N)c(Cl)cc1C(=O)N[C@H]1CCN(CC(=O)Nc2ccc(C(=O)OCCN3CCOCC3)cc2)C[C@H]1OC. The van der Waals surface area contributed by atoms with E-state index in [1.165, 1.54) is 13.2 Å². The number of esters is 1. The minimum absolute atomic E-state index is 0.0694. The lowest BCUT2D eigenvalue weighted by Gasteiger charge is -2.37. The van der Waals surface area contributed by atoms with Crippen molar-refractivity contribution in [1.82, 2.24) is 20.1 Å². The number of anilines is 2. The molecule has 2 amide bonds. The first kappa shape index (κ1) is 31.4. The van der Waals surface area contributed by atoms with Crippen molar-refractivity contribution in [3.05, 3.63) is 46.5 Å². The standard InChI is InChI=1S/C28H37ClN6O7/c1-39-23-16-35(8-7-22(23)32-26(37)20-15-21(29)25(30)33-27(20)40-2)17-24(36)31-19-5-3-18(4-6-19)28(38)42-14-11-34-9-12-41-13-10-34/h3-6,15,22-23H,7-14,16-17H2,1-2H3,(H2,30,33)(H,31,36)(H,32,37)/t22-,23+/m0/s1. The van der Waals surface area contributed by atoms with Gasteiger partial charge in [-0.1, -0.05) is 11.6 Å². The van der Waals surface area contributed by atoms with Crippen LogP contribution in [0, 0.1) is 0 Å². The summed E-state index contributed by atoms with van der Waals surface area (Å²) in [4.78, 5) is 46.2. The number of nitrogens with one attached hydrogen (secondary N) is 2. The Morgan fingerprint density at radius 2 is 1.86 bits per heavy atom. The van der Waals surface area contributed by atoms with Crippen LogP contribution in [-0.2, 0) is 19.0 Å². The second kappa shape index (κ2) is 15.1. The van der Waals surface area contributed by atoms with Crippen LogP contribution >= 0.6 is 11.6 Å². The third-order valence-corrected chi connectivity index (χ3v) is 7.49. The van der Waals surface area contributed by atoms with Gasteiger partial charge < -0.3 is 35.3 Å². The van der Waals surface area contributed by atoms with Crippen LogP contribution in [0.3, 0.4) is 0 Å². The maximum atomic E-state index is 13.0. The molecular weight excluding hydrogens is 568 g/mol. The number of aromatic nitrogens is 1. The van der Waals surface area contributed by atoms with Gasteiger partial charge in [-0.2, -0.15) is 4.98 Å². The van der Waals surface area contributed by atoms with Crippen molar-refractivity contribution < 1.29 is 33.3 Å². The Morgan fingerprint density at radius 1 is 1.12 bits per heavy atom. The highest BCUT2D eigenvalue weighted by atomic mass is 35.5. The molecule has 0 spiro atoms. The van der Waals surface area contributed by atoms with E-state index in [-0.39, 0.29) is 46.9 Å². The Kier molecular flexibility index (Phi) is 11.3. The van der Waals surface area contributed by atoms with Gasteiger partial charge in [-0.3, -0.25) is 19.4 Å². The number of carbonyl (C=O) groups is 3. The zero-order chi connectivity index (χ0) is 30.1. The van der Waals surface area contributed by atoms with Crippen LogP contribution in [0.5, 0.6) is 5.88 Å². The van der Waals surface area contributed by atoms with Gasteiger partial charge in [0.15, 0.2) is 0 Å².